The van der Waals surface area contributed by atoms with Crippen LogP contribution in [0.3, 0.4) is 0 Å². The first kappa shape index (κ1) is 17.3. The third-order valence-electron chi connectivity index (χ3n) is 3.87. The van der Waals surface area contributed by atoms with E-state index in [0.717, 1.165) is 12.1 Å². The van der Waals surface area contributed by atoms with E-state index in [1.54, 1.807) is 43.4 Å². The Bertz CT molecular complexity index is 992. The molecule has 0 aliphatic rings. The molecule has 6 heteroatoms. The minimum absolute atomic E-state index is 0.274. The Morgan fingerprint density at radius 2 is 1.64 bits per heavy atom. The lowest BCUT2D eigenvalue weighted by molar-refractivity contribution is -0.137. The average molecular weight is 364 g/mol. The number of aromatic nitrogens is 1. The van der Waals surface area contributed by atoms with Gasteiger partial charge >= 0.3 is 6.18 Å². The predicted molar refractivity (Wildman–Crippen MR) is 92.6 cm³/mol. The summed E-state index contributed by atoms with van der Waals surface area (Å²) in [5.41, 5.74) is 0.741. The first-order chi connectivity index (χ1) is 11.8. The summed E-state index contributed by atoms with van der Waals surface area (Å²) in [5.74, 6) is 0. The monoisotopic (exact) mass is 363 g/mol. The van der Waals surface area contributed by atoms with Crippen molar-refractivity contribution in [1.82, 2.24) is 4.57 Å². The van der Waals surface area contributed by atoms with Crippen molar-refractivity contribution in [2.75, 3.05) is 0 Å². The summed E-state index contributed by atoms with van der Waals surface area (Å²) >= 11 is 6.17. The highest BCUT2D eigenvalue weighted by molar-refractivity contribution is 6.33. The van der Waals surface area contributed by atoms with E-state index >= 15 is 0 Å². The van der Waals surface area contributed by atoms with Crippen molar-refractivity contribution in [2.45, 2.75) is 6.18 Å². The quantitative estimate of drug-likeness (QED) is 0.598. The zero-order valence-corrected chi connectivity index (χ0v) is 13.9. The molecule has 0 spiro atoms. The molecule has 0 bridgehead atoms. The van der Waals surface area contributed by atoms with Gasteiger partial charge in [-0.25, -0.2) is 0 Å². The van der Waals surface area contributed by atoms with Gasteiger partial charge in [0.1, 0.15) is 0 Å². The molecule has 0 saturated heterocycles. The molecule has 128 valence electrons. The van der Waals surface area contributed by atoms with Crippen LogP contribution >= 0.6 is 11.6 Å². The van der Waals surface area contributed by atoms with Crippen molar-refractivity contribution < 1.29 is 13.2 Å². The molecule has 0 fully saturated rings. The molecule has 2 aromatic carbocycles. The lowest BCUT2D eigenvalue weighted by atomic mass is 10.00. The Labute approximate surface area is 147 Å². The Kier molecular flexibility index (Phi) is 4.43. The molecule has 2 nitrogen and oxygen atoms in total. The normalized spacial score (nSPS) is 11.6. The van der Waals surface area contributed by atoms with Crippen molar-refractivity contribution in [1.29, 1.82) is 0 Å². The average Bonchev–Trinajstić information content (AvgIpc) is 2.57. The highest BCUT2D eigenvalue weighted by atomic mass is 35.5. The molecule has 25 heavy (non-hydrogen) atoms. The fourth-order valence-corrected chi connectivity index (χ4v) is 2.85. The second-order valence-corrected chi connectivity index (χ2v) is 6.02. The SMILES string of the molecule is Cn1cc(-c2cccc(C(F)(F)F)c2)cc(-c2ccccc2Cl)c1=O. The fourth-order valence-electron chi connectivity index (χ4n) is 2.62. The number of halogens is 4. The van der Waals surface area contributed by atoms with Gasteiger partial charge in [-0.1, -0.05) is 41.9 Å². The number of nitrogens with zero attached hydrogens (tertiary/aromatic N) is 1. The van der Waals surface area contributed by atoms with Crippen LogP contribution in [-0.4, -0.2) is 4.57 Å². The van der Waals surface area contributed by atoms with Crippen LogP contribution in [0.2, 0.25) is 5.02 Å². The summed E-state index contributed by atoms with van der Waals surface area (Å²) in [6.07, 6.45) is -2.92. The van der Waals surface area contributed by atoms with Crippen LogP contribution in [0.1, 0.15) is 5.56 Å². The molecule has 0 radical (unpaired) electrons. The number of hydrogen-bond donors (Lipinski definition) is 0. The number of alkyl halides is 3. The van der Waals surface area contributed by atoms with E-state index in [1.165, 1.54) is 16.8 Å². The number of hydrogen-bond acceptors (Lipinski definition) is 1. The van der Waals surface area contributed by atoms with Crippen LogP contribution in [0.4, 0.5) is 13.2 Å². The molecule has 0 aliphatic carbocycles. The van der Waals surface area contributed by atoms with E-state index in [0.29, 0.717) is 27.3 Å². The number of benzene rings is 2. The molecular weight excluding hydrogens is 351 g/mol. The fraction of sp³-hybridized carbons (Fsp3) is 0.105. The second-order valence-electron chi connectivity index (χ2n) is 5.62. The van der Waals surface area contributed by atoms with Crippen LogP contribution in [0.15, 0.2) is 65.6 Å². The maximum Gasteiger partial charge on any atom is 0.416 e. The van der Waals surface area contributed by atoms with E-state index in [-0.39, 0.29) is 5.56 Å². The molecule has 0 amide bonds. The van der Waals surface area contributed by atoms with Gasteiger partial charge in [-0.15, -0.1) is 0 Å². The molecule has 3 aromatic rings. The Morgan fingerprint density at radius 3 is 2.32 bits per heavy atom. The zero-order valence-electron chi connectivity index (χ0n) is 13.1. The largest absolute Gasteiger partial charge is 0.416 e. The topological polar surface area (TPSA) is 22.0 Å². The van der Waals surface area contributed by atoms with Crippen LogP contribution in [0.25, 0.3) is 22.3 Å². The lowest BCUT2D eigenvalue weighted by Gasteiger charge is -2.12. The first-order valence-corrected chi connectivity index (χ1v) is 7.78. The highest BCUT2D eigenvalue weighted by Gasteiger charge is 2.30. The van der Waals surface area contributed by atoms with E-state index < -0.39 is 11.7 Å². The number of rotatable bonds is 2. The molecular formula is C19H13ClF3NO. The van der Waals surface area contributed by atoms with Crippen molar-refractivity contribution in [3.05, 3.63) is 81.7 Å². The van der Waals surface area contributed by atoms with Crippen LogP contribution in [0.5, 0.6) is 0 Å². The maximum atomic E-state index is 13.0. The lowest BCUT2D eigenvalue weighted by Crippen LogP contribution is -2.18. The van der Waals surface area contributed by atoms with E-state index in [9.17, 15) is 18.0 Å². The standard InChI is InChI=1S/C19H13ClF3NO/c1-24-11-13(12-5-4-6-14(9-12)19(21,22)23)10-16(18(24)25)15-7-2-3-8-17(15)20/h2-11H,1H3. The second kappa shape index (κ2) is 6.41. The van der Waals surface area contributed by atoms with Crippen LogP contribution < -0.4 is 5.56 Å². The van der Waals surface area contributed by atoms with Crippen molar-refractivity contribution in [3.63, 3.8) is 0 Å². The summed E-state index contributed by atoms with van der Waals surface area (Å²) in [6, 6.07) is 13.4. The molecule has 0 atom stereocenters. The minimum Gasteiger partial charge on any atom is -0.317 e. The molecule has 0 aliphatic heterocycles. The van der Waals surface area contributed by atoms with E-state index in [2.05, 4.69) is 0 Å². The summed E-state index contributed by atoms with van der Waals surface area (Å²) in [5, 5.41) is 0.404. The van der Waals surface area contributed by atoms with Gasteiger partial charge in [0.25, 0.3) is 5.56 Å². The van der Waals surface area contributed by atoms with Gasteiger partial charge < -0.3 is 4.57 Å². The van der Waals surface area contributed by atoms with Gasteiger partial charge in [0.15, 0.2) is 0 Å². The van der Waals surface area contributed by atoms with Crippen molar-refractivity contribution in [2.24, 2.45) is 7.05 Å². The van der Waals surface area contributed by atoms with E-state index in [4.69, 9.17) is 11.6 Å². The van der Waals surface area contributed by atoms with Gasteiger partial charge in [-0.05, 0) is 35.4 Å². The molecule has 3 rings (SSSR count). The van der Waals surface area contributed by atoms with Gasteiger partial charge in [0.2, 0.25) is 0 Å². The summed E-state index contributed by atoms with van der Waals surface area (Å²) in [7, 11) is 1.56. The predicted octanol–water partition coefficient (Wildman–Crippen LogP) is 5.39. The minimum atomic E-state index is -4.43. The van der Waals surface area contributed by atoms with Crippen LogP contribution in [-0.2, 0) is 13.2 Å². The summed E-state index contributed by atoms with van der Waals surface area (Å²) in [4.78, 5) is 12.5. The van der Waals surface area contributed by atoms with Crippen molar-refractivity contribution >= 4 is 11.6 Å². The Balaban J connectivity index is 2.20. The number of aryl methyl sites for hydroxylation is 1. The number of pyridine rings is 1. The van der Waals surface area contributed by atoms with Gasteiger partial charge in [-0.3, -0.25) is 4.79 Å². The molecule has 0 saturated carbocycles. The molecule has 1 heterocycles. The van der Waals surface area contributed by atoms with Gasteiger partial charge in [0.05, 0.1) is 5.56 Å². The summed E-state index contributed by atoms with van der Waals surface area (Å²) in [6.45, 7) is 0. The smallest absolute Gasteiger partial charge is 0.317 e. The first-order valence-electron chi connectivity index (χ1n) is 7.40. The summed E-state index contributed by atoms with van der Waals surface area (Å²) < 4.78 is 40.2. The third kappa shape index (κ3) is 3.46. The van der Waals surface area contributed by atoms with Crippen molar-refractivity contribution in [3.8, 4) is 22.3 Å². The van der Waals surface area contributed by atoms with Gasteiger partial charge in [-0.2, -0.15) is 13.2 Å². The third-order valence-corrected chi connectivity index (χ3v) is 4.20. The zero-order chi connectivity index (χ0) is 18.2. The van der Waals surface area contributed by atoms with Gasteiger partial charge in [0, 0.05) is 29.4 Å². The highest BCUT2D eigenvalue weighted by Crippen LogP contribution is 2.33. The van der Waals surface area contributed by atoms with E-state index in [1.807, 2.05) is 0 Å². The maximum absolute atomic E-state index is 13.0. The molecule has 0 N–H and O–H groups in total. The molecule has 0 unspecified atom stereocenters. The molecule has 1 aromatic heterocycles. The Morgan fingerprint density at radius 1 is 0.920 bits per heavy atom. The van der Waals surface area contributed by atoms with Crippen LogP contribution in [0, 0.1) is 0 Å². The Hall–Kier alpha value is -2.53.